The number of ketones is 1. The minimum absolute atomic E-state index is 0.00774. The number of ether oxygens (including phenoxy) is 2. The smallest absolute Gasteiger partial charge is 0.336 e. The van der Waals surface area contributed by atoms with Crippen LogP contribution < -0.4 is 10.1 Å². The second kappa shape index (κ2) is 7.34. The molecule has 1 aromatic rings. The van der Waals surface area contributed by atoms with E-state index in [1.807, 2.05) is 6.92 Å². The van der Waals surface area contributed by atoms with Crippen molar-refractivity contribution < 1.29 is 24.2 Å². The van der Waals surface area contributed by atoms with Crippen LogP contribution in [0, 0.1) is 5.41 Å². The van der Waals surface area contributed by atoms with Gasteiger partial charge in [0.15, 0.2) is 17.3 Å². The van der Waals surface area contributed by atoms with Gasteiger partial charge in [-0.3, -0.25) is 4.79 Å². The van der Waals surface area contributed by atoms with Gasteiger partial charge in [0, 0.05) is 29.3 Å². The molecule has 0 radical (unpaired) electrons. The van der Waals surface area contributed by atoms with Gasteiger partial charge in [-0.05, 0) is 43.4 Å². The van der Waals surface area contributed by atoms with Crippen LogP contribution in [-0.4, -0.2) is 30.6 Å². The van der Waals surface area contributed by atoms with Crippen LogP contribution in [0.2, 0.25) is 0 Å². The van der Waals surface area contributed by atoms with Crippen molar-refractivity contribution in [3.05, 3.63) is 46.3 Å². The standard InChI is InChI=1S/C22H27NO5/c1-6-28-21(26)18-12(2)23-14-10-22(3,4)11-16(25)20(14)19(18)13-7-8-17(27-5)15(24)9-13/h7-9,19,23-24H,6,10-11H2,1-5H3/t19-/m1/s1. The molecule has 1 aliphatic heterocycles. The molecule has 2 aliphatic rings. The van der Waals surface area contributed by atoms with E-state index >= 15 is 0 Å². The van der Waals surface area contributed by atoms with E-state index < -0.39 is 11.9 Å². The van der Waals surface area contributed by atoms with Crippen molar-refractivity contribution in [2.45, 2.75) is 46.5 Å². The number of hydrogen-bond acceptors (Lipinski definition) is 6. The average molecular weight is 385 g/mol. The predicted molar refractivity (Wildman–Crippen MR) is 105 cm³/mol. The summed E-state index contributed by atoms with van der Waals surface area (Å²) in [6.07, 6.45) is 1.11. The minimum atomic E-state index is -0.587. The van der Waals surface area contributed by atoms with Gasteiger partial charge in [-0.15, -0.1) is 0 Å². The third kappa shape index (κ3) is 3.51. The number of dihydropyridines is 1. The van der Waals surface area contributed by atoms with E-state index in [2.05, 4.69) is 19.2 Å². The van der Waals surface area contributed by atoms with Crippen LogP contribution in [0.1, 0.15) is 52.0 Å². The molecule has 0 bridgehead atoms. The Morgan fingerprint density at radius 1 is 1.32 bits per heavy atom. The van der Waals surface area contributed by atoms with Crippen molar-refractivity contribution in [1.29, 1.82) is 0 Å². The number of benzene rings is 1. The number of phenols is 1. The SMILES string of the molecule is CCOC(=O)C1=C(C)NC2=C(C(=O)CC(C)(C)C2)[C@@H]1c1ccc(OC)c(O)c1. The molecule has 6 heteroatoms. The fourth-order valence-electron chi connectivity index (χ4n) is 4.14. The topological polar surface area (TPSA) is 84.9 Å². The van der Waals surface area contributed by atoms with E-state index in [0.717, 1.165) is 5.70 Å². The lowest BCUT2D eigenvalue weighted by Crippen LogP contribution is -2.38. The third-order valence-electron chi connectivity index (χ3n) is 5.27. The Balaban J connectivity index is 2.19. The van der Waals surface area contributed by atoms with E-state index in [4.69, 9.17) is 9.47 Å². The maximum absolute atomic E-state index is 13.1. The van der Waals surface area contributed by atoms with Crippen molar-refractivity contribution >= 4 is 11.8 Å². The zero-order valence-electron chi connectivity index (χ0n) is 17.0. The number of methoxy groups -OCH3 is 1. The van der Waals surface area contributed by atoms with Crippen LogP contribution >= 0.6 is 0 Å². The van der Waals surface area contributed by atoms with Gasteiger partial charge in [0.2, 0.25) is 0 Å². The Bertz CT molecular complexity index is 894. The Morgan fingerprint density at radius 3 is 2.64 bits per heavy atom. The summed E-state index contributed by atoms with van der Waals surface area (Å²) in [4.78, 5) is 25.9. The lowest BCUT2D eigenvalue weighted by molar-refractivity contribution is -0.138. The lowest BCUT2D eigenvalue weighted by atomic mass is 9.68. The van der Waals surface area contributed by atoms with E-state index in [9.17, 15) is 14.7 Å². The highest BCUT2D eigenvalue weighted by Crippen LogP contribution is 2.47. The number of phenolic OH excluding ortho intramolecular Hbond substituents is 1. The highest BCUT2D eigenvalue weighted by Gasteiger charge is 2.43. The first kappa shape index (κ1) is 20.0. The molecule has 28 heavy (non-hydrogen) atoms. The van der Waals surface area contributed by atoms with E-state index in [-0.39, 0.29) is 23.6 Å². The Morgan fingerprint density at radius 2 is 2.04 bits per heavy atom. The first-order chi connectivity index (χ1) is 13.2. The van der Waals surface area contributed by atoms with Crippen LogP contribution in [0.25, 0.3) is 0 Å². The molecule has 2 N–H and O–H groups in total. The number of hydrogen-bond donors (Lipinski definition) is 2. The summed E-state index contributed by atoms with van der Waals surface area (Å²) in [6.45, 7) is 7.92. The van der Waals surface area contributed by atoms with Crippen LogP contribution in [0.15, 0.2) is 40.7 Å². The number of carbonyl (C=O) groups excluding carboxylic acids is 2. The van der Waals surface area contributed by atoms with Gasteiger partial charge < -0.3 is 19.9 Å². The van der Waals surface area contributed by atoms with Crippen LogP contribution in [0.4, 0.5) is 0 Å². The molecule has 1 aliphatic carbocycles. The quantitative estimate of drug-likeness (QED) is 0.771. The largest absolute Gasteiger partial charge is 0.504 e. The normalized spacial score (nSPS) is 21.2. The molecule has 0 saturated heterocycles. The zero-order chi connectivity index (χ0) is 20.6. The van der Waals surface area contributed by atoms with E-state index in [1.54, 1.807) is 25.1 Å². The van der Waals surface area contributed by atoms with E-state index in [1.165, 1.54) is 7.11 Å². The summed E-state index contributed by atoms with van der Waals surface area (Å²) in [5, 5.41) is 13.6. The van der Waals surface area contributed by atoms with Crippen molar-refractivity contribution in [3.8, 4) is 11.5 Å². The molecular weight excluding hydrogens is 358 g/mol. The third-order valence-corrected chi connectivity index (χ3v) is 5.27. The molecule has 0 amide bonds. The number of aromatic hydroxyl groups is 1. The fraction of sp³-hybridized carbons (Fsp3) is 0.455. The summed E-state index contributed by atoms with van der Waals surface area (Å²) < 4.78 is 10.4. The number of allylic oxidation sites excluding steroid dienone is 3. The summed E-state index contributed by atoms with van der Waals surface area (Å²) >= 11 is 0. The molecule has 6 nitrogen and oxygen atoms in total. The molecular formula is C22H27NO5. The molecule has 0 spiro atoms. The molecule has 0 unspecified atom stereocenters. The van der Waals surface area contributed by atoms with Crippen LogP contribution in [-0.2, 0) is 14.3 Å². The summed E-state index contributed by atoms with van der Waals surface area (Å²) in [6, 6.07) is 4.97. The maximum Gasteiger partial charge on any atom is 0.336 e. The highest BCUT2D eigenvalue weighted by molar-refractivity contribution is 6.04. The monoisotopic (exact) mass is 385 g/mol. The number of Topliss-reactive ketones (excluding diaryl/α,β-unsaturated/α-hetero) is 1. The molecule has 0 saturated carbocycles. The number of carbonyl (C=O) groups is 2. The van der Waals surface area contributed by atoms with Gasteiger partial charge in [-0.25, -0.2) is 4.79 Å². The van der Waals surface area contributed by atoms with Crippen molar-refractivity contribution in [2.24, 2.45) is 5.41 Å². The lowest BCUT2D eigenvalue weighted by Gasteiger charge is -2.39. The Kier molecular flexibility index (Phi) is 5.24. The van der Waals surface area contributed by atoms with Crippen molar-refractivity contribution in [3.63, 3.8) is 0 Å². The number of esters is 1. The molecule has 0 aromatic heterocycles. The highest BCUT2D eigenvalue weighted by atomic mass is 16.5. The number of rotatable bonds is 4. The second-order valence-corrected chi connectivity index (χ2v) is 8.08. The van der Waals surface area contributed by atoms with Crippen molar-refractivity contribution in [1.82, 2.24) is 5.32 Å². The van der Waals surface area contributed by atoms with Gasteiger partial charge >= 0.3 is 5.97 Å². The minimum Gasteiger partial charge on any atom is -0.504 e. The summed E-state index contributed by atoms with van der Waals surface area (Å²) in [5.41, 5.74) is 2.99. The fourth-order valence-corrected chi connectivity index (χ4v) is 4.14. The van der Waals surface area contributed by atoms with Crippen LogP contribution in [0.5, 0.6) is 11.5 Å². The first-order valence-corrected chi connectivity index (χ1v) is 9.46. The van der Waals surface area contributed by atoms with E-state index in [0.29, 0.717) is 41.0 Å². The molecule has 150 valence electrons. The average Bonchev–Trinajstić information content (AvgIpc) is 2.59. The van der Waals surface area contributed by atoms with Gasteiger partial charge in [0.05, 0.1) is 19.3 Å². The number of nitrogens with one attached hydrogen (secondary N) is 1. The second-order valence-electron chi connectivity index (χ2n) is 8.08. The van der Waals surface area contributed by atoms with Gasteiger partial charge in [0.25, 0.3) is 0 Å². The van der Waals surface area contributed by atoms with Crippen molar-refractivity contribution in [2.75, 3.05) is 13.7 Å². The Labute approximate surface area is 165 Å². The molecule has 1 atom stereocenters. The Hall–Kier alpha value is -2.76. The van der Waals surface area contributed by atoms with Crippen LogP contribution in [0.3, 0.4) is 0 Å². The molecule has 0 fully saturated rings. The summed E-state index contributed by atoms with van der Waals surface area (Å²) in [5.74, 6) is -0.743. The molecule has 1 aromatic carbocycles. The summed E-state index contributed by atoms with van der Waals surface area (Å²) in [7, 11) is 1.47. The van der Waals surface area contributed by atoms with Gasteiger partial charge in [0.1, 0.15) is 0 Å². The molecule has 1 heterocycles. The first-order valence-electron chi connectivity index (χ1n) is 9.46. The predicted octanol–water partition coefficient (Wildman–Crippen LogP) is 3.57. The molecule has 3 rings (SSSR count). The zero-order valence-corrected chi connectivity index (χ0v) is 17.0. The van der Waals surface area contributed by atoms with Gasteiger partial charge in [-0.1, -0.05) is 19.9 Å². The van der Waals surface area contributed by atoms with Gasteiger partial charge in [-0.2, -0.15) is 0 Å². The maximum atomic E-state index is 13.1.